The minimum atomic E-state index is -3.83. The molecule has 0 aliphatic rings. The molecule has 0 saturated heterocycles. The van der Waals surface area contributed by atoms with E-state index in [4.69, 9.17) is 16.3 Å². The summed E-state index contributed by atoms with van der Waals surface area (Å²) in [7, 11) is -2.24. The minimum absolute atomic E-state index is 0.0266. The molecule has 0 aliphatic carbocycles. The average molecular weight is 378 g/mol. The zero-order valence-electron chi connectivity index (χ0n) is 13.6. The van der Waals surface area contributed by atoms with Gasteiger partial charge < -0.3 is 4.74 Å². The second-order valence-electron chi connectivity index (χ2n) is 5.37. The number of rotatable bonds is 5. The first-order chi connectivity index (χ1) is 11.9. The van der Waals surface area contributed by atoms with Crippen LogP contribution in [-0.4, -0.2) is 18.2 Å². The Balaban J connectivity index is 1.79. The van der Waals surface area contributed by atoms with Crippen LogP contribution in [0.15, 0.2) is 59.5 Å². The van der Waals surface area contributed by atoms with Gasteiger partial charge in [-0.25, -0.2) is 8.42 Å². The molecule has 0 saturated carbocycles. The fourth-order valence-electron chi connectivity index (χ4n) is 2.34. The predicted octanol–water partition coefficient (Wildman–Crippen LogP) is 3.98. The van der Waals surface area contributed by atoms with E-state index < -0.39 is 10.0 Å². The number of aryl methyl sites for hydroxylation is 2. The fourth-order valence-corrected chi connectivity index (χ4v) is 4.15. The molecule has 1 heterocycles. The lowest BCUT2D eigenvalue weighted by Crippen LogP contribution is -2.14. The van der Waals surface area contributed by atoms with Crippen molar-refractivity contribution in [3.63, 3.8) is 0 Å². The zero-order chi connectivity index (χ0) is 18.0. The number of anilines is 1. The highest BCUT2D eigenvalue weighted by atomic mass is 35.5. The van der Waals surface area contributed by atoms with Crippen LogP contribution < -0.4 is 9.46 Å². The molecule has 8 heteroatoms. The molecule has 3 rings (SSSR count). The molecule has 3 aromatic rings. The van der Waals surface area contributed by atoms with Gasteiger partial charge in [-0.2, -0.15) is 5.10 Å². The Bertz CT molecular complexity index is 984. The van der Waals surface area contributed by atoms with E-state index in [2.05, 4.69) is 9.82 Å². The Morgan fingerprint density at radius 3 is 2.20 bits per heavy atom. The summed E-state index contributed by atoms with van der Waals surface area (Å²) in [5.41, 5.74) is 0.740. The van der Waals surface area contributed by atoms with Crippen LogP contribution in [0.5, 0.6) is 11.5 Å². The second-order valence-corrected chi connectivity index (χ2v) is 7.35. The van der Waals surface area contributed by atoms with Gasteiger partial charge in [0.25, 0.3) is 10.0 Å². The summed E-state index contributed by atoms with van der Waals surface area (Å²) in [6.07, 6.45) is 0. The molecule has 1 aromatic heterocycles. The minimum Gasteiger partial charge on any atom is -0.457 e. The van der Waals surface area contributed by atoms with Gasteiger partial charge in [0.1, 0.15) is 21.5 Å². The van der Waals surface area contributed by atoms with Gasteiger partial charge in [-0.05, 0) is 43.3 Å². The van der Waals surface area contributed by atoms with Crippen molar-refractivity contribution in [3.8, 4) is 11.5 Å². The first-order valence-electron chi connectivity index (χ1n) is 7.42. The lowest BCUT2D eigenvalue weighted by Gasteiger charge is -2.09. The van der Waals surface area contributed by atoms with Crippen LogP contribution in [-0.2, 0) is 17.1 Å². The zero-order valence-corrected chi connectivity index (χ0v) is 15.2. The first kappa shape index (κ1) is 17.3. The number of ether oxygens (including phenoxy) is 1. The molecule has 0 unspecified atom stereocenters. The maximum atomic E-state index is 12.6. The molecule has 2 aromatic carbocycles. The quantitative estimate of drug-likeness (QED) is 0.730. The summed E-state index contributed by atoms with van der Waals surface area (Å²) < 4.78 is 34.6. The molecule has 0 bridgehead atoms. The fraction of sp³-hybridized carbons (Fsp3) is 0.118. The summed E-state index contributed by atoms with van der Waals surface area (Å²) in [6, 6.07) is 15.9. The molecule has 0 fully saturated rings. The van der Waals surface area contributed by atoms with Crippen molar-refractivity contribution in [2.24, 2.45) is 7.05 Å². The molecule has 0 spiro atoms. The summed E-state index contributed by atoms with van der Waals surface area (Å²) in [6.45, 7) is 1.59. The van der Waals surface area contributed by atoms with Crippen LogP contribution >= 0.6 is 11.6 Å². The number of nitrogens with one attached hydrogen (secondary N) is 1. The van der Waals surface area contributed by atoms with Crippen molar-refractivity contribution < 1.29 is 13.2 Å². The molecule has 1 N–H and O–H groups in total. The number of nitrogens with zero attached hydrogens (tertiary/aromatic N) is 2. The van der Waals surface area contributed by atoms with Gasteiger partial charge in [0.05, 0.1) is 5.69 Å². The predicted molar refractivity (Wildman–Crippen MR) is 96.7 cm³/mol. The van der Waals surface area contributed by atoms with Gasteiger partial charge in [-0.3, -0.25) is 9.40 Å². The lowest BCUT2D eigenvalue weighted by molar-refractivity contribution is 0.483. The number of sulfonamides is 1. The molecule has 6 nitrogen and oxygen atoms in total. The standard InChI is InChI=1S/C17H16ClN3O3S/c1-12-16(17(18)21(2)19-12)25(22,23)20-13-8-10-15(11-9-13)24-14-6-4-3-5-7-14/h3-11,20H,1-2H3. The van der Waals surface area contributed by atoms with Crippen molar-refractivity contribution >= 4 is 27.3 Å². The van der Waals surface area contributed by atoms with E-state index in [-0.39, 0.29) is 10.0 Å². The Kier molecular flexibility index (Phi) is 4.69. The molecular formula is C17H16ClN3O3S. The van der Waals surface area contributed by atoms with E-state index in [9.17, 15) is 8.42 Å². The third-order valence-corrected chi connectivity index (χ3v) is 5.53. The number of para-hydroxylation sites is 1. The highest BCUT2D eigenvalue weighted by Crippen LogP contribution is 2.28. The highest BCUT2D eigenvalue weighted by Gasteiger charge is 2.25. The van der Waals surface area contributed by atoms with E-state index in [1.165, 1.54) is 4.68 Å². The van der Waals surface area contributed by atoms with Crippen LogP contribution in [0.4, 0.5) is 5.69 Å². The van der Waals surface area contributed by atoms with E-state index >= 15 is 0 Å². The van der Waals surface area contributed by atoms with E-state index in [0.29, 0.717) is 22.9 Å². The maximum absolute atomic E-state index is 12.6. The smallest absolute Gasteiger partial charge is 0.266 e. The van der Waals surface area contributed by atoms with Gasteiger partial charge in [0, 0.05) is 12.7 Å². The molecule has 0 atom stereocenters. The summed E-state index contributed by atoms with van der Waals surface area (Å²) in [4.78, 5) is -0.0266. The average Bonchev–Trinajstić information content (AvgIpc) is 2.83. The lowest BCUT2D eigenvalue weighted by atomic mass is 10.3. The van der Waals surface area contributed by atoms with Gasteiger partial charge in [0.15, 0.2) is 0 Å². The van der Waals surface area contributed by atoms with Gasteiger partial charge in [-0.15, -0.1) is 0 Å². The third kappa shape index (κ3) is 3.78. The molecule has 130 valence electrons. The number of halogens is 1. The van der Waals surface area contributed by atoms with Crippen LogP contribution in [0.1, 0.15) is 5.69 Å². The van der Waals surface area contributed by atoms with Crippen molar-refractivity contribution in [2.45, 2.75) is 11.8 Å². The third-order valence-electron chi connectivity index (χ3n) is 3.45. The Morgan fingerprint density at radius 1 is 1.04 bits per heavy atom. The van der Waals surface area contributed by atoms with Crippen molar-refractivity contribution in [1.82, 2.24) is 9.78 Å². The molecule has 0 amide bonds. The molecular weight excluding hydrogens is 362 g/mol. The van der Waals surface area contributed by atoms with Crippen molar-refractivity contribution in [3.05, 3.63) is 65.4 Å². The SMILES string of the molecule is Cc1nn(C)c(Cl)c1S(=O)(=O)Nc1ccc(Oc2ccccc2)cc1. The monoisotopic (exact) mass is 377 g/mol. The highest BCUT2D eigenvalue weighted by molar-refractivity contribution is 7.92. The van der Waals surface area contributed by atoms with Gasteiger partial charge in [0.2, 0.25) is 0 Å². The Labute approximate surface area is 151 Å². The summed E-state index contributed by atoms with van der Waals surface area (Å²) in [5, 5.41) is 4.09. The first-order valence-corrected chi connectivity index (χ1v) is 9.28. The normalized spacial score (nSPS) is 11.3. The maximum Gasteiger partial charge on any atom is 0.266 e. The number of hydrogen-bond acceptors (Lipinski definition) is 4. The van der Waals surface area contributed by atoms with Crippen molar-refractivity contribution in [2.75, 3.05) is 4.72 Å². The summed E-state index contributed by atoms with van der Waals surface area (Å²) >= 11 is 6.04. The topological polar surface area (TPSA) is 73.2 Å². The molecule has 0 radical (unpaired) electrons. The Hall–Kier alpha value is -2.51. The second kappa shape index (κ2) is 6.78. The molecule has 0 aliphatic heterocycles. The molecule has 25 heavy (non-hydrogen) atoms. The van der Waals surface area contributed by atoms with Crippen molar-refractivity contribution in [1.29, 1.82) is 0 Å². The number of benzene rings is 2. The van der Waals surface area contributed by atoms with Gasteiger partial charge in [-0.1, -0.05) is 29.8 Å². The number of aromatic nitrogens is 2. The van der Waals surface area contributed by atoms with Gasteiger partial charge >= 0.3 is 0 Å². The van der Waals surface area contributed by atoms with Crippen LogP contribution in [0.3, 0.4) is 0 Å². The van der Waals surface area contributed by atoms with E-state index in [1.54, 1.807) is 38.2 Å². The van der Waals surface area contributed by atoms with E-state index in [0.717, 1.165) is 0 Å². The van der Waals surface area contributed by atoms with E-state index in [1.807, 2.05) is 30.3 Å². The van der Waals surface area contributed by atoms with Crippen LogP contribution in [0.2, 0.25) is 5.15 Å². The van der Waals surface area contributed by atoms with Crippen LogP contribution in [0, 0.1) is 6.92 Å². The Morgan fingerprint density at radius 2 is 1.64 bits per heavy atom. The van der Waals surface area contributed by atoms with Crippen LogP contribution in [0.25, 0.3) is 0 Å². The summed E-state index contributed by atoms with van der Waals surface area (Å²) in [5.74, 6) is 1.30. The largest absolute Gasteiger partial charge is 0.457 e. The number of hydrogen-bond donors (Lipinski definition) is 1.